The Morgan fingerprint density at radius 2 is 1.88 bits per heavy atom. The van der Waals surface area contributed by atoms with Gasteiger partial charge in [-0.1, -0.05) is 36.4 Å². The highest BCUT2D eigenvalue weighted by molar-refractivity contribution is 5.76. The quantitative estimate of drug-likeness (QED) is 0.919. The molecule has 2 heterocycles. The first-order valence-electron chi connectivity index (χ1n) is 9.14. The van der Waals surface area contributed by atoms with Gasteiger partial charge < -0.3 is 19.7 Å². The van der Waals surface area contributed by atoms with Crippen molar-refractivity contribution in [2.24, 2.45) is 0 Å². The van der Waals surface area contributed by atoms with Crippen LogP contribution in [-0.2, 0) is 11.3 Å². The summed E-state index contributed by atoms with van der Waals surface area (Å²) in [4.78, 5) is 13.4. The van der Waals surface area contributed by atoms with Gasteiger partial charge in [0.25, 0.3) is 0 Å². The molecule has 2 atom stereocenters. The molecule has 2 unspecified atom stereocenters. The van der Waals surface area contributed by atoms with Gasteiger partial charge >= 0.3 is 0 Å². The third-order valence-electron chi connectivity index (χ3n) is 5.08. The van der Waals surface area contributed by atoms with E-state index in [1.54, 1.807) is 0 Å². The van der Waals surface area contributed by atoms with Gasteiger partial charge in [-0.15, -0.1) is 0 Å². The molecule has 1 N–H and O–H groups in total. The largest absolute Gasteiger partial charge is 0.485 e. The number of hydrogen-bond donors (Lipinski definition) is 1. The van der Waals surface area contributed by atoms with Gasteiger partial charge in [0, 0.05) is 32.6 Å². The third kappa shape index (κ3) is 3.68. The van der Waals surface area contributed by atoms with E-state index in [2.05, 4.69) is 29.6 Å². The summed E-state index contributed by atoms with van der Waals surface area (Å²) in [7, 11) is 1.87. The lowest BCUT2D eigenvalue weighted by Gasteiger charge is -2.30. The number of amides is 1. The van der Waals surface area contributed by atoms with E-state index in [0.29, 0.717) is 19.1 Å². The van der Waals surface area contributed by atoms with E-state index >= 15 is 0 Å². The normalized spacial score (nSPS) is 22.3. The summed E-state index contributed by atoms with van der Waals surface area (Å²) in [6.07, 6.45) is 1.46. The molecule has 0 aromatic heterocycles. The molecule has 2 aromatic carbocycles. The topological polar surface area (TPSA) is 50.8 Å². The summed E-state index contributed by atoms with van der Waals surface area (Å²) in [6, 6.07) is 16.6. The molecule has 1 saturated heterocycles. The molecule has 1 amide bonds. The fourth-order valence-corrected chi connectivity index (χ4v) is 3.47. The number of carbonyl (C=O) groups is 1. The van der Waals surface area contributed by atoms with Crippen LogP contribution in [-0.4, -0.2) is 37.0 Å². The summed E-state index contributed by atoms with van der Waals surface area (Å²) in [5, 5.41) is 3.55. The summed E-state index contributed by atoms with van der Waals surface area (Å²) in [5.74, 6) is 1.84. The van der Waals surface area contributed by atoms with Crippen molar-refractivity contribution in [3.8, 4) is 11.5 Å². The minimum Gasteiger partial charge on any atom is -0.485 e. The van der Waals surface area contributed by atoms with E-state index in [9.17, 15) is 4.79 Å². The highest BCUT2D eigenvalue weighted by atomic mass is 16.6. The number of likely N-dealkylation sites (tertiary alicyclic amines) is 1. The van der Waals surface area contributed by atoms with Crippen molar-refractivity contribution in [2.75, 3.05) is 20.2 Å². The second-order valence-electron chi connectivity index (χ2n) is 7.00. The molecule has 5 nitrogen and oxygen atoms in total. The maximum Gasteiger partial charge on any atom is 0.222 e. The Hall–Kier alpha value is -2.53. The zero-order chi connectivity index (χ0) is 17.9. The van der Waals surface area contributed by atoms with Crippen molar-refractivity contribution in [3.63, 3.8) is 0 Å². The smallest absolute Gasteiger partial charge is 0.222 e. The number of carbonyl (C=O) groups excluding carboxylic acids is 1. The lowest BCUT2D eigenvalue weighted by molar-refractivity contribution is -0.132. The molecule has 136 valence electrons. The zero-order valence-electron chi connectivity index (χ0n) is 15.0. The Labute approximate surface area is 153 Å². The monoisotopic (exact) mass is 352 g/mol. The van der Waals surface area contributed by atoms with Gasteiger partial charge in [0.1, 0.15) is 6.61 Å². The van der Waals surface area contributed by atoms with Crippen LogP contribution in [0.2, 0.25) is 0 Å². The Balaban J connectivity index is 1.33. The summed E-state index contributed by atoms with van der Waals surface area (Å²) < 4.78 is 11.9. The summed E-state index contributed by atoms with van der Waals surface area (Å²) in [6.45, 7) is 2.11. The van der Waals surface area contributed by atoms with E-state index < -0.39 is 0 Å². The third-order valence-corrected chi connectivity index (χ3v) is 5.08. The van der Waals surface area contributed by atoms with Crippen LogP contribution in [0.1, 0.15) is 30.1 Å². The molecular weight excluding hydrogens is 328 g/mol. The molecule has 0 radical (unpaired) electrons. The molecule has 2 aromatic rings. The van der Waals surface area contributed by atoms with Crippen molar-refractivity contribution < 1.29 is 14.3 Å². The molecule has 0 saturated carbocycles. The Bertz CT molecular complexity index is 775. The number of ether oxygens (including phenoxy) is 2. The molecule has 4 rings (SSSR count). The van der Waals surface area contributed by atoms with Crippen LogP contribution in [0.4, 0.5) is 0 Å². The van der Waals surface area contributed by atoms with Crippen molar-refractivity contribution in [3.05, 3.63) is 59.7 Å². The minimum atomic E-state index is -0.0788. The lowest BCUT2D eigenvalue weighted by atomic mass is 10.0. The van der Waals surface area contributed by atoms with Gasteiger partial charge in [0.05, 0.1) is 0 Å². The fourth-order valence-electron chi connectivity index (χ4n) is 3.47. The zero-order valence-corrected chi connectivity index (χ0v) is 15.0. The maximum atomic E-state index is 11.6. The lowest BCUT2D eigenvalue weighted by Crippen LogP contribution is -2.46. The van der Waals surface area contributed by atoms with Gasteiger partial charge in [-0.2, -0.15) is 0 Å². The first-order valence-corrected chi connectivity index (χ1v) is 9.14. The average molecular weight is 352 g/mol. The number of nitrogens with zero attached hydrogens (tertiary/aromatic N) is 1. The van der Waals surface area contributed by atoms with E-state index in [-0.39, 0.29) is 12.0 Å². The molecule has 2 aliphatic rings. The number of likely N-dealkylation sites (N-methyl/N-ethyl adjacent to an activating group) is 1. The van der Waals surface area contributed by atoms with Gasteiger partial charge in [0.2, 0.25) is 5.91 Å². The van der Waals surface area contributed by atoms with Gasteiger partial charge in [-0.25, -0.2) is 0 Å². The molecule has 0 spiro atoms. The Morgan fingerprint density at radius 3 is 2.65 bits per heavy atom. The van der Waals surface area contributed by atoms with Crippen LogP contribution < -0.4 is 14.8 Å². The van der Waals surface area contributed by atoms with Crippen molar-refractivity contribution in [1.29, 1.82) is 0 Å². The Morgan fingerprint density at radius 1 is 1.12 bits per heavy atom. The van der Waals surface area contributed by atoms with E-state index in [0.717, 1.165) is 36.6 Å². The van der Waals surface area contributed by atoms with Crippen LogP contribution in [0.15, 0.2) is 48.5 Å². The number of benzene rings is 2. The van der Waals surface area contributed by atoms with Crippen LogP contribution in [0.5, 0.6) is 11.5 Å². The van der Waals surface area contributed by atoms with Crippen molar-refractivity contribution in [2.45, 2.75) is 31.5 Å². The highest BCUT2D eigenvalue weighted by Crippen LogP contribution is 2.35. The SMILES string of the molecule is CN1CC(NCc2ccc(C3COc4ccccc4O3)cc2)CCC1=O. The van der Waals surface area contributed by atoms with Crippen molar-refractivity contribution >= 4 is 5.91 Å². The van der Waals surface area contributed by atoms with Gasteiger partial charge in [-0.05, 0) is 29.7 Å². The number of piperidine rings is 1. The standard InChI is InChI=1S/C21H24N2O3/c1-23-13-17(10-11-21(23)24)22-12-15-6-8-16(9-7-15)20-14-25-18-4-2-3-5-19(18)26-20/h2-9,17,20,22H,10-14H2,1H3. The number of rotatable bonds is 4. The van der Waals surface area contributed by atoms with E-state index in [4.69, 9.17) is 9.47 Å². The minimum absolute atomic E-state index is 0.0788. The maximum absolute atomic E-state index is 11.6. The van der Waals surface area contributed by atoms with E-state index in [1.165, 1.54) is 5.56 Å². The Kier molecular flexibility index (Phi) is 4.80. The molecule has 0 aliphatic carbocycles. The molecular formula is C21H24N2O3. The predicted octanol–water partition coefficient (Wildman–Crippen LogP) is 2.91. The van der Waals surface area contributed by atoms with Crippen LogP contribution in [0.25, 0.3) is 0 Å². The van der Waals surface area contributed by atoms with E-state index in [1.807, 2.05) is 36.2 Å². The van der Waals surface area contributed by atoms with Crippen LogP contribution >= 0.6 is 0 Å². The van der Waals surface area contributed by atoms with Crippen molar-refractivity contribution in [1.82, 2.24) is 10.2 Å². The van der Waals surface area contributed by atoms with Gasteiger partial charge in [0.15, 0.2) is 17.6 Å². The summed E-state index contributed by atoms with van der Waals surface area (Å²) in [5.41, 5.74) is 2.34. The van der Waals surface area contributed by atoms with Crippen LogP contribution in [0, 0.1) is 0 Å². The highest BCUT2D eigenvalue weighted by Gasteiger charge is 2.23. The number of nitrogens with one attached hydrogen (secondary N) is 1. The molecule has 2 aliphatic heterocycles. The first-order chi connectivity index (χ1) is 12.7. The van der Waals surface area contributed by atoms with Crippen LogP contribution in [0.3, 0.4) is 0 Å². The second kappa shape index (κ2) is 7.38. The molecule has 0 bridgehead atoms. The predicted molar refractivity (Wildman–Crippen MR) is 99.2 cm³/mol. The number of fused-ring (bicyclic) bond motifs is 1. The number of para-hydroxylation sites is 2. The number of hydrogen-bond acceptors (Lipinski definition) is 4. The molecule has 1 fully saturated rings. The molecule has 5 heteroatoms. The second-order valence-corrected chi connectivity index (χ2v) is 7.00. The van der Waals surface area contributed by atoms with Gasteiger partial charge in [-0.3, -0.25) is 4.79 Å². The molecule has 26 heavy (non-hydrogen) atoms. The summed E-state index contributed by atoms with van der Waals surface area (Å²) >= 11 is 0. The fraction of sp³-hybridized carbons (Fsp3) is 0.381. The first kappa shape index (κ1) is 16.9. The average Bonchev–Trinajstić information content (AvgIpc) is 2.69.